The van der Waals surface area contributed by atoms with Crippen molar-refractivity contribution >= 4 is 13.9 Å². The summed E-state index contributed by atoms with van der Waals surface area (Å²) in [5, 5.41) is 0. The maximum absolute atomic E-state index is 12.6. The first-order valence-electron chi connectivity index (χ1n) is 9.62. The first-order valence-corrected chi connectivity index (χ1v) is 11.3. The van der Waals surface area contributed by atoms with E-state index in [9.17, 15) is 4.79 Å². The van der Waals surface area contributed by atoms with E-state index >= 15 is 0 Å². The minimum Gasteiger partial charge on any atom is -0.435 e. The molecule has 2 bridgehead atoms. The van der Waals surface area contributed by atoms with Crippen molar-refractivity contribution in [3.8, 4) is 0 Å². The lowest BCUT2D eigenvalue weighted by atomic mass is 9.73. The standard InChI is InChI=1S/C20H31O3P/c1-11(2)14-8-12(3)6-7-15(14)22-19-17-16(18(21)23-19)20(5)10-24(17)9-13(20)4/h9,11-12,14-17,19H,6-8,10H2,1-5H3/t12-,14-,15?,16?,17?,19+,20?,24?/m0/s1. The second-order valence-electron chi connectivity index (χ2n) is 9.18. The third kappa shape index (κ3) is 2.42. The molecule has 4 heteroatoms. The molecule has 3 fully saturated rings. The summed E-state index contributed by atoms with van der Waals surface area (Å²) in [6.45, 7) is 11.4. The first-order chi connectivity index (χ1) is 11.3. The van der Waals surface area contributed by atoms with Crippen LogP contribution in [0.1, 0.15) is 53.9 Å². The summed E-state index contributed by atoms with van der Waals surface area (Å²) in [5.41, 5.74) is 1.73. The van der Waals surface area contributed by atoms with Crippen molar-refractivity contribution in [3.05, 3.63) is 11.4 Å². The highest BCUT2D eigenvalue weighted by molar-refractivity contribution is 7.62. The van der Waals surface area contributed by atoms with Crippen LogP contribution in [-0.4, -0.2) is 30.2 Å². The van der Waals surface area contributed by atoms with Crippen LogP contribution in [0.5, 0.6) is 0 Å². The van der Waals surface area contributed by atoms with Crippen molar-refractivity contribution in [2.75, 3.05) is 6.16 Å². The zero-order valence-electron chi connectivity index (χ0n) is 15.6. The molecular weight excluding hydrogens is 319 g/mol. The van der Waals surface area contributed by atoms with E-state index in [2.05, 4.69) is 40.4 Å². The monoisotopic (exact) mass is 350 g/mol. The van der Waals surface area contributed by atoms with Gasteiger partial charge >= 0.3 is 5.97 Å². The molecule has 0 amide bonds. The van der Waals surface area contributed by atoms with Crippen molar-refractivity contribution in [1.29, 1.82) is 0 Å². The molecule has 3 aliphatic heterocycles. The van der Waals surface area contributed by atoms with Gasteiger partial charge in [0, 0.05) is 5.41 Å². The molecule has 0 aromatic rings. The number of hydrogen-bond donors (Lipinski definition) is 0. The Labute approximate surface area is 147 Å². The second kappa shape index (κ2) is 5.81. The second-order valence-corrected chi connectivity index (χ2v) is 11.4. The van der Waals surface area contributed by atoms with Crippen molar-refractivity contribution in [3.63, 3.8) is 0 Å². The van der Waals surface area contributed by atoms with E-state index in [1.165, 1.54) is 18.4 Å². The summed E-state index contributed by atoms with van der Waals surface area (Å²) in [6, 6.07) is 0. The normalized spacial score (nSPS) is 50.2. The molecule has 0 radical (unpaired) electrons. The van der Waals surface area contributed by atoms with Crippen LogP contribution >= 0.6 is 7.92 Å². The van der Waals surface area contributed by atoms with Gasteiger partial charge < -0.3 is 9.47 Å². The highest BCUT2D eigenvalue weighted by Gasteiger charge is 2.65. The zero-order valence-corrected chi connectivity index (χ0v) is 16.5. The quantitative estimate of drug-likeness (QED) is 0.544. The Kier molecular flexibility index (Phi) is 4.12. The van der Waals surface area contributed by atoms with Crippen molar-refractivity contribution in [2.45, 2.75) is 71.9 Å². The van der Waals surface area contributed by atoms with Gasteiger partial charge in [0.1, 0.15) is 0 Å². The molecule has 0 aromatic heterocycles. The van der Waals surface area contributed by atoms with E-state index in [0.717, 1.165) is 18.5 Å². The van der Waals surface area contributed by atoms with Gasteiger partial charge in [0.05, 0.1) is 17.7 Å². The Balaban J connectivity index is 1.53. The van der Waals surface area contributed by atoms with E-state index in [4.69, 9.17) is 9.47 Å². The average Bonchev–Trinajstić information content (AvgIpc) is 3.09. The van der Waals surface area contributed by atoms with Crippen LogP contribution in [0.3, 0.4) is 0 Å². The Morgan fingerprint density at radius 2 is 2.12 bits per heavy atom. The number of ether oxygens (including phenoxy) is 2. The molecule has 3 nitrogen and oxygen atoms in total. The summed E-state index contributed by atoms with van der Waals surface area (Å²) in [6.07, 6.45) is 4.70. The van der Waals surface area contributed by atoms with Crippen molar-refractivity contribution in [2.24, 2.45) is 29.1 Å². The summed E-state index contributed by atoms with van der Waals surface area (Å²) < 4.78 is 12.3. The topological polar surface area (TPSA) is 35.5 Å². The first kappa shape index (κ1) is 17.0. The lowest BCUT2D eigenvalue weighted by Gasteiger charge is -2.39. The molecule has 1 aliphatic carbocycles. The Bertz CT molecular complexity index is 571. The molecule has 4 aliphatic rings. The maximum atomic E-state index is 12.6. The highest BCUT2D eigenvalue weighted by Crippen LogP contribution is 2.72. The molecule has 0 aromatic carbocycles. The van der Waals surface area contributed by atoms with Crippen LogP contribution in [-0.2, 0) is 14.3 Å². The highest BCUT2D eigenvalue weighted by atomic mass is 31.1. The predicted molar refractivity (Wildman–Crippen MR) is 97.0 cm³/mol. The number of carbonyl (C=O) groups is 1. The number of carbonyl (C=O) groups excluding carboxylic acids is 1. The van der Waals surface area contributed by atoms with E-state index in [0.29, 0.717) is 17.5 Å². The molecular formula is C20H31O3P. The lowest BCUT2D eigenvalue weighted by molar-refractivity contribution is -0.185. The van der Waals surface area contributed by atoms with E-state index < -0.39 is 0 Å². The molecule has 2 saturated heterocycles. The number of cyclic esters (lactones) is 1. The Morgan fingerprint density at radius 1 is 1.38 bits per heavy atom. The smallest absolute Gasteiger partial charge is 0.313 e. The van der Waals surface area contributed by atoms with Crippen molar-refractivity contribution < 1.29 is 14.3 Å². The fraction of sp³-hybridized carbons (Fsp3) is 0.850. The molecule has 8 atom stereocenters. The largest absolute Gasteiger partial charge is 0.435 e. The molecule has 24 heavy (non-hydrogen) atoms. The minimum absolute atomic E-state index is 0.00442. The zero-order chi connectivity index (χ0) is 17.2. The molecule has 3 heterocycles. The third-order valence-electron chi connectivity index (χ3n) is 7.21. The van der Waals surface area contributed by atoms with Gasteiger partial charge in [0.25, 0.3) is 0 Å². The SMILES string of the molecule is CC1=CP2CC1(C)C1C(=O)O[C@@H](OC3CC[C@H](C)C[C@H]3C(C)C)C12. The van der Waals surface area contributed by atoms with Crippen LogP contribution in [0.25, 0.3) is 0 Å². The van der Waals surface area contributed by atoms with Crippen LogP contribution in [0.15, 0.2) is 11.4 Å². The van der Waals surface area contributed by atoms with Crippen molar-refractivity contribution in [1.82, 2.24) is 0 Å². The minimum atomic E-state index is -0.292. The molecule has 5 unspecified atom stereocenters. The molecule has 134 valence electrons. The van der Waals surface area contributed by atoms with Gasteiger partial charge in [-0.15, -0.1) is 0 Å². The number of allylic oxidation sites excluding steroid dienone is 1. The lowest BCUT2D eigenvalue weighted by Crippen LogP contribution is -2.40. The van der Waals surface area contributed by atoms with Crippen LogP contribution in [0.4, 0.5) is 0 Å². The molecule has 1 saturated carbocycles. The van der Waals surface area contributed by atoms with E-state index in [1.807, 2.05) is 0 Å². The van der Waals surface area contributed by atoms with Gasteiger partial charge in [-0.2, -0.15) is 0 Å². The fourth-order valence-electron chi connectivity index (χ4n) is 5.57. The number of hydrogen-bond acceptors (Lipinski definition) is 3. The summed E-state index contributed by atoms with van der Waals surface area (Å²) in [7, 11) is -0.261. The van der Waals surface area contributed by atoms with Crippen LogP contribution < -0.4 is 0 Å². The molecule has 0 N–H and O–H groups in total. The average molecular weight is 350 g/mol. The van der Waals surface area contributed by atoms with Gasteiger partial charge in [0.15, 0.2) is 0 Å². The van der Waals surface area contributed by atoms with Gasteiger partial charge in [-0.1, -0.05) is 47.0 Å². The fourth-order valence-corrected chi connectivity index (χ4v) is 9.32. The van der Waals surface area contributed by atoms with Gasteiger partial charge in [-0.05, 0) is 50.1 Å². The van der Waals surface area contributed by atoms with Gasteiger partial charge in [-0.25, -0.2) is 0 Å². The number of rotatable bonds is 3. The van der Waals surface area contributed by atoms with Gasteiger partial charge in [0.2, 0.25) is 6.29 Å². The molecule has 4 rings (SSSR count). The third-order valence-corrected chi connectivity index (χ3v) is 10.3. The van der Waals surface area contributed by atoms with Crippen LogP contribution in [0.2, 0.25) is 0 Å². The summed E-state index contributed by atoms with van der Waals surface area (Å²) >= 11 is 0. The Hall–Kier alpha value is -0.400. The summed E-state index contributed by atoms with van der Waals surface area (Å²) in [5.74, 6) is 4.47. The Morgan fingerprint density at radius 3 is 2.83 bits per heavy atom. The molecule has 0 spiro atoms. The number of esters is 1. The van der Waals surface area contributed by atoms with E-state index in [1.54, 1.807) is 0 Å². The number of fused-ring (bicyclic) bond motifs is 5. The summed E-state index contributed by atoms with van der Waals surface area (Å²) in [4.78, 5) is 12.6. The predicted octanol–water partition coefficient (Wildman–Crippen LogP) is 4.75. The van der Waals surface area contributed by atoms with Crippen LogP contribution in [0, 0.1) is 29.1 Å². The maximum Gasteiger partial charge on any atom is 0.313 e. The van der Waals surface area contributed by atoms with E-state index in [-0.39, 0.29) is 37.6 Å². The van der Waals surface area contributed by atoms with Gasteiger partial charge in [-0.3, -0.25) is 4.79 Å².